The Morgan fingerprint density at radius 2 is 1.80 bits per heavy atom. The lowest BCUT2D eigenvalue weighted by atomic mass is 9.96. The fourth-order valence-corrected chi connectivity index (χ4v) is 2.73. The summed E-state index contributed by atoms with van der Waals surface area (Å²) >= 11 is 0. The van der Waals surface area contributed by atoms with Crippen molar-refractivity contribution in [3.63, 3.8) is 0 Å². The highest BCUT2D eigenvalue weighted by Crippen LogP contribution is 2.22. The second-order valence-electron chi connectivity index (χ2n) is 6.29. The number of hydrogen-bond donors (Lipinski definition) is 1. The third-order valence-electron chi connectivity index (χ3n) is 4.16. The Morgan fingerprint density at radius 3 is 2.44 bits per heavy atom. The monoisotopic (exact) mass is 334 g/mol. The number of nitrogens with one attached hydrogen (secondary N) is 1. The molecule has 0 unspecified atom stereocenters. The molecule has 1 atom stereocenters. The van der Waals surface area contributed by atoms with Crippen molar-refractivity contribution in [2.24, 2.45) is 0 Å². The van der Waals surface area contributed by atoms with E-state index in [1.54, 1.807) is 0 Å². The normalized spacial score (nSPS) is 12.0. The molecule has 3 rings (SSSR count). The number of aromatic nitrogens is 4. The summed E-state index contributed by atoms with van der Waals surface area (Å²) in [5, 5.41) is 17.8. The van der Waals surface area contributed by atoms with Gasteiger partial charge in [0.1, 0.15) is 0 Å². The van der Waals surface area contributed by atoms with E-state index in [1.165, 1.54) is 5.56 Å². The Labute approximate surface area is 146 Å². The molecule has 128 valence electrons. The fourth-order valence-electron chi connectivity index (χ4n) is 2.73. The SMILES string of the molecule is Cc1ccc(C[C@@H](C(=O)Nc2ccc(C)cc2C)c2nnn[n-]2)cc1. The maximum absolute atomic E-state index is 12.9. The average molecular weight is 334 g/mol. The molecule has 25 heavy (non-hydrogen) atoms. The second kappa shape index (κ2) is 7.25. The van der Waals surface area contributed by atoms with Crippen LogP contribution in [0.3, 0.4) is 0 Å². The molecule has 3 aromatic rings. The van der Waals surface area contributed by atoms with Gasteiger partial charge in [-0.1, -0.05) is 47.5 Å². The van der Waals surface area contributed by atoms with Gasteiger partial charge in [0.05, 0.1) is 5.92 Å². The van der Waals surface area contributed by atoms with Crippen LogP contribution in [0.4, 0.5) is 5.69 Å². The number of nitrogens with zero attached hydrogens (tertiary/aromatic N) is 4. The summed E-state index contributed by atoms with van der Waals surface area (Å²) in [4.78, 5) is 12.9. The summed E-state index contributed by atoms with van der Waals surface area (Å²) < 4.78 is 0. The van der Waals surface area contributed by atoms with Crippen molar-refractivity contribution in [1.82, 2.24) is 20.6 Å². The molecule has 0 radical (unpaired) electrons. The van der Waals surface area contributed by atoms with Gasteiger partial charge in [-0.2, -0.15) is 5.21 Å². The van der Waals surface area contributed by atoms with E-state index in [2.05, 4.69) is 25.9 Å². The number of carbonyl (C=O) groups is 1. The maximum Gasteiger partial charge on any atom is 0.232 e. The molecule has 0 aliphatic heterocycles. The first-order valence-electron chi connectivity index (χ1n) is 8.15. The van der Waals surface area contributed by atoms with E-state index in [4.69, 9.17) is 0 Å². The number of benzene rings is 2. The summed E-state index contributed by atoms with van der Waals surface area (Å²) in [5.41, 5.74) is 5.17. The van der Waals surface area contributed by atoms with E-state index < -0.39 is 5.92 Å². The number of carbonyl (C=O) groups excluding carboxylic acids is 1. The molecule has 1 amide bonds. The largest absolute Gasteiger partial charge is 0.335 e. The van der Waals surface area contributed by atoms with E-state index in [9.17, 15) is 4.79 Å². The molecule has 0 saturated heterocycles. The first-order chi connectivity index (χ1) is 12.0. The third-order valence-corrected chi connectivity index (χ3v) is 4.16. The van der Waals surface area contributed by atoms with Crippen molar-refractivity contribution in [1.29, 1.82) is 0 Å². The first kappa shape index (κ1) is 16.8. The highest BCUT2D eigenvalue weighted by Gasteiger charge is 2.21. The second-order valence-corrected chi connectivity index (χ2v) is 6.29. The molecule has 0 aliphatic carbocycles. The standard InChI is InChI=1S/C19H21N5O/c1-12-4-7-15(8-5-12)11-16(18-21-23-24-22-18)19(25)20-17-9-6-13(2)10-14(17)3/h4-10,16H,11H2,1-3H3,(H2,20,21,22,23,24,25)/p-1/t16-/m1/s1. The van der Waals surface area contributed by atoms with E-state index in [-0.39, 0.29) is 5.91 Å². The lowest BCUT2D eigenvalue weighted by Gasteiger charge is -2.18. The molecule has 0 saturated carbocycles. The van der Waals surface area contributed by atoms with Crippen LogP contribution in [0.5, 0.6) is 0 Å². The van der Waals surface area contributed by atoms with Gasteiger partial charge in [0.2, 0.25) is 5.91 Å². The van der Waals surface area contributed by atoms with Gasteiger partial charge in [-0.05, 0) is 44.4 Å². The van der Waals surface area contributed by atoms with Crippen molar-refractivity contribution in [2.45, 2.75) is 33.1 Å². The number of rotatable bonds is 5. The summed E-state index contributed by atoms with van der Waals surface area (Å²) in [6.45, 7) is 6.02. The van der Waals surface area contributed by atoms with E-state index in [0.717, 1.165) is 22.4 Å². The van der Waals surface area contributed by atoms with Crippen LogP contribution < -0.4 is 10.4 Å². The molecule has 0 bridgehead atoms. The molecule has 0 aliphatic rings. The first-order valence-corrected chi connectivity index (χ1v) is 8.15. The van der Waals surface area contributed by atoms with E-state index in [0.29, 0.717) is 12.2 Å². The Morgan fingerprint density at radius 1 is 1.08 bits per heavy atom. The Balaban J connectivity index is 1.83. The molecule has 1 heterocycles. The van der Waals surface area contributed by atoms with Gasteiger partial charge >= 0.3 is 0 Å². The van der Waals surface area contributed by atoms with Gasteiger partial charge < -0.3 is 10.4 Å². The highest BCUT2D eigenvalue weighted by atomic mass is 16.1. The van der Waals surface area contributed by atoms with Gasteiger partial charge in [-0.25, -0.2) is 0 Å². The molecule has 6 heteroatoms. The van der Waals surface area contributed by atoms with E-state index >= 15 is 0 Å². The average Bonchev–Trinajstić information content (AvgIpc) is 3.11. The maximum atomic E-state index is 12.9. The van der Waals surface area contributed by atoms with Gasteiger partial charge in [0.15, 0.2) is 0 Å². The van der Waals surface area contributed by atoms with Gasteiger partial charge in [-0.15, -0.1) is 0 Å². The van der Waals surface area contributed by atoms with Crippen LogP contribution in [0.15, 0.2) is 42.5 Å². The van der Waals surface area contributed by atoms with Gasteiger partial charge in [0, 0.05) is 11.5 Å². The van der Waals surface area contributed by atoms with Crippen LogP contribution in [-0.4, -0.2) is 21.4 Å². The molecular formula is C19H20N5O-. The van der Waals surface area contributed by atoms with Crippen LogP contribution in [0.25, 0.3) is 0 Å². The van der Waals surface area contributed by atoms with Crippen molar-refractivity contribution in [3.05, 3.63) is 70.5 Å². The highest BCUT2D eigenvalue weighted by molar-refractivity contribution is 5.96. The number of hydrogen-bond acceptors (Lipinski definition) is 4. The summed E-state index contributed by atoms with van der Waals surface area (Å²) in [7, 11) is 0. The molecule has 0 spiro atoms. The van der Waals surface area contributed by atoms with Crippen LogP contribution in [0, 0.1) is 20.8 Å². The molecule has 0 fully saturated rings. The zero-order chi connectivity index (χ0) is 17.8. The quantitative estimate of drug-likeness (QED) is 0.776. The Bertz CT molecular complexity index is 856. The van der Waals surface area contributed by atoms with Gasteiger partial charge in [-0.3, -0.25) is 15.1 Å². The number of anilines is 1. The lowest BCUT2D eigenvalue weighted by Crippen LogP contribution is -2.25. The molecule has 1 N–H and O–H groups in total. The van der Waals surface area contributed by atoms with Crippen molar-refractivity contribution in [3.8, 4) is 0 Å². The summed E-state index contributed by atoms with van der Waals surface area (Å²) in [5.74, 6) is -0.372. The molecule has 2 aromatic carbocycles. The zero-order valence-corrected chi connectivity index (χ0v) is 14.5. The molecule has 1 aromatic heterocycles. The minimum atomic E-state index is -0.543. The van der Waals surface area contributed by atoms with Crippen LogP contribution >= 0.6 is 0 Å². The minimum absolute atomic E-state index is 0.165. The number of aryl methyl sites for hydroxylation is 3. The van der Waals surface area contributed by atoms with Crippen molar-refractivity contribution in [2.75, 3.05) is 5.32 Å². The minimum Gasteiger partial charge on any atom is -0.335 e. The van der Waals surface area contributed by atoms with E-state index in [1.807, 2.05) is 63.2 Å². The van der Waals surface area contributed by atoms with Crippen LogP contribution in [0.2, 0.25) is 0 Å². The predicted octanol–water partition coefficient (Wildman–Crippen LogP) is 2.72. The fraction of sp³-hybridized carbons (Fsp3) is 0.263. The summed E-state index contributed by atoms with van der Waals surface area (Å²) in [6.07, 6.45) is 0.490. The summed E-state index contributed by atoms with van der Waals surface area (Å²) in [6, 6.07) is 14.0. The predicted molar refractivity (Wildman–Crippen MR) is 95.3 cm³/mol. The number of amides is 1. The smallest absolute Gasteiger partial charge is 0.232 e. The van der Waals surface area contributed by atoms with Gasteiger partial charge in [0.25, 0.3) is 0 Å². The lowest BCUT2D eigenvalue weighted by molar-refractivity contribution is -0.117. The topological polar surface area (TPSA) is 81.9 Å². The van der Waals surface area contributed by atoms with Crippen molar-refractivity contribution >= 4 is 11.6 Å². The van der Waals surface area contributed by atoms with Crippen LogP contribution in [0.1, 0.15) is 34.0 Å². The van der Waals surface area contributed by atoms with Crippen LogP contribution in [-0.2, 0) is 11.2 Å². The Kier molecular flexibility index (Phi) is 4.88. The molecule has 6 nitrogen and oxygen atoms in total. The van der Waals surface area contributed by atoms with Crippen molar-refractivity contribution < 1.29 is 4.79 Å². The number of tetrazole rings is 1. The third kappa shape index (κ3) is 4.09. The Hall–Kier alpha value is -3.02. The zero-order valence-electron chi connectivity index (χ0n) is 14.5. The molecular weight excluding hydrogens is 314 g/mol.